The number of amides is 2. The predicted molar refractivity (Wildman–Crippen MR) is 77.6 cm³/mol. The Balaban J connectivity index is 3.39. The van der Waals surface area contributed by atoms with Crippen LogP contribution in [0.1, 0.15) is 59.3 Å². The minimum atomic E-state index is -1.06. The highest BCUT2D eigenvalue weighted by Crippen LogP contribution is 2.07. The fourth-order valence-electron chi connectivity index (χ4n) is 1.59. The molecule has 0 bridgehead atoms. The molecule has 2 amide bonds. The van der Waals surface area contributed by atoms with Crippen LogP contribution in [0.3, 0.4) is 0 Å². The Morgan fingerprint density at radius 1 is 1.00 bits per heavy atom. The lowest BCUT2D eigenvalue weighted by atomic mass is 10.1. The summed E-state index contributed by atoms with van der Waals surface area (Å²) in [6.07, 6.45) is 2.99. The van der Waals surface area contributed by atoms with E-state index in [2.05, 4.69) is 10.1 Å². The van der Waals surface area contributed by atoms with E-state index in [4.69, 9.17) is 10.5 Å². The van der Waals surface area contributed by atoms with E-state index in [0.717, 1.165) is 25.7 Å². The SMILES string of the molecule is CC(C)(C)OC(=O)NCCCCCCCC(=O)OC(N)=O. The lowest BCUT2D eigenvalue weighted by Gasteiger charge is -2.19. The van der Waals surface area contributed by atoms with Crippen molar-refractivity contribution in [3.63, 3.8) is 0 Å². The average Bonchev–Trinajstić information content (AvgIpc) is 2.29. The maximum atomic E-state index is 11.3. The highest BCUT2D eigenvalue weighted by molar-refractivity contribution is 5.83. The number of carbonyl (C=O) groups excluding carboxylic acids is 3. The zero-order chi connectivity index (χ0) is 16.3. The standard InChI is InChI=1S/C14H26N2O5/c1-14(2,3)21-13(19)16-10-8-6-4-5-7-9-11(17)20-12(15)18/h4-10H2,1-3H3,(H2,15,18)(H,16,19). The van der Waals surface area contributed by atoms with Crippen LogP contribution in [0.4, 0.5) is 9.59 Å². The Labute approximate surface area is 125 Å². The van der Waals surface area contributed by atoms with E-state index in [-0.39, 0.29) is 6.42 Å². The van der Waals surface area contributed by atoms with Crippen molar-refractivity contribution in [2.45, 2.75) is 64.9 Å². The largest absolute Gasteiger partial charge is 0.444 e. The Morgan fingerprint density at radius 3 is 2.14 bits per heavy atom. The third-order valence-electron chi connectivity index (χ3n) is 2.44. The zero-order valence-corrected chi connectivity index (χ0v) is 13.1. The highest BCUT2D eigenvalue weighted by atomic mass is 16.6. The van der Waals surface area contributed by atoms with Crippen molar-refractivity contribution in [2.24, 2.45) is 5.73 Å². The monoisotopic (exact) mass is 302 g/mol. The summed E-state index contributed by atoms with van der Waals surface area (Å²) in [6.45, 7) is 6.01. The van der Waals surface area contributed by atoms with Crippen LogP contribution in [0.2, 0.25) is 0 Å². The van der Waals surface area contributed by atoms with Crippen molar-refractivity contribution in [1.82, 2.24) is 5.32 Å². The number of esters is 1. The van der Waals surface area contributed by atoms with E-state index in [1.807, 2.05) is 20.8 Å². The molecule has 7 heteroatoms. The molecular formula is C14H26N2O5. The van der Waals surface area contributed by atoms with Crippen LogP contribution in [0, 0.1) is 0 Å². The quantitative estimate of drug-likeness (QED) is 0.407. The Hall–Kier alpha value is -1.79. The first-order valence-electron chi connectivity index (χ1n) is 7.17. The van der Waals surface area contributed by atoms with Gasteiger partial charge in [0.15, 0.2) is 0 Å². The van der Waals surface area contributed by atoms with Gasteiger partial charge in [0.05, 0.1) is 0 Å². The van der Waals surface area contributed by atoms with Crippen LogP contribution in [0.15, 0.2) is 0 Å². The van der Waals surface area contributed by atoms with Gasteiger partial charge >= 0.3 is 18.2 Å². The molecule has 0 aromatic heterocycles. The van der Waals surface area contributed by atoms with E-state index in [1.165, 1.54) is 0 Å². The van der Waals surface area contributed by atoms with Gasteiger partial charge in [0.25, 0.3) is 0 Å². The molecule has 0 atom stereocenters. The molecule has 0 saturated heterocycles. The van der Waals surface area contributed by atoms with Crippen LogP contribution in [-0.2, 0) is 14.3 Å². The van der Waals surface area contributed by atoms with Gasteiger partial charge in [-0.25, -0.2) is 9.59 Å². The fourth-order valence-corrected chi connectivity index (χ4v) is 1.59. The van der Waals surface area contributed by atoms with E-state index in [0.29, 0.717) is 13.0 Å². The Morgan fingerprint density at radius 2 is 1.57 bits per heavy atom. The van der Waals surface area contributed by atoms with Crippen LogP contribution >= 0.6 is 0 Å². The Bertz CT molecular complexity index is 350. The van der Waals surface area contributed by atoms with E-state index in [9.17, 15) is 14.4 Å². The first kappa shape index (κ1) is 19.2. The maximum absolute atomic E-state index is 11.3. The summed E-state index contributed by atoms with van der Waals surface area (Å²) in [5.41, 5.74) is 4.23. The van der Waals surface area contributed by atoms with Crippen LogP contribution in [0.5, 0.6) is 0 Å². The summed E-state index contributed by atoms with van der Waals surface area (Å²) in [6, 6.07) is 0. The molecule has 0 aliphatic rings. The van der Waals surface area contributed by atoms with Gasteiger partial charge in [0.1, 0.15) is 5.60 Å². The molecule has 0 aromatic rings. The number of ether oxygens (including phenoxy) is 2. The summed E-state index contributed by atoms with van der Waals surface area (Å²) in [5, 5.41) is 2.68. The minimum Gasteiger partial charge on any atom is -0.444 e. The molecule has 0 aliphatic carbocycles. The number of primary amides is 1. The molecule has 0 fully saturated rings. The summed E-state index contributed by atoms with van der Waals surface area (Å²) in [7, 11) is 0. The molecule has 122 valence electrons. The number of hydrogen-bond acceptors (Lipinski definition) is 5. The molecule has 21 heavy (non-hydrogen) atoms. The number of carbonyl (C=O) groups is 3. The van der Waals surface area contributed by atoms with E-state index >= 15 is 0 Å². The third kappa shape index (κ3) is 14.4. The summed E-state index contributed by atoms with van der Waals surface area (Å²) < 4.78 is 9.30. The minimum absolute atomic E-state index is 0.194. The summed E-state index contributed by atoms with van der Waals surface area (Å²) in [5.74, 6) is -0.589. The summed E-state index contributed by atoms with van der Waals surface area (Å²) in [4.78, 5) is 32.6. The summed E-state index contributed by atoms with van der Waals surface area (Å²) >= 11 is 0. The molecule has 0 radical (unpaired) electrons. The molecule has 0 spiro atoms. The van der Waals surface area contributed by atoms with Crippen molar-refractivity contribution in [2.75, 3.05) is 6.54 Å². The van der Waals surface area contributed by atoms with Gasteiger partial charge in [-0.2, -0.15) is 0 Å². The van der Waals surface area contributed by atoms with Gasteiger partial charge in [0.2, 0.25) is 0 Å². The zero-order valence-electron chi connectivity index (χ0n) is 13.1. The smallest absolute Gasteiger partial charge is 0.412 e. The van der Waals surface area contributed by atoms with Crippen LogP contribution in [-0.4, -0.2) is 30.3 Å². The fraction of sp³-hybridized carbons (Fsp3) is 0.786. The topological polar surface area (TPSA) is 108 Å². The third-order valence-corrected chi connectivity index (χ3v) is 2.44. The highest BCUT2D eigenvalue weighted by Gasteiger charge is 2.15. The molecule has 0 heterocycles. The van der Waals surface area contributed by atoms with Crippen molar-refractivity contribution in [1.29, 1.82) is 0 Å². The van der Waals surface area contributed by atoms with Crippen molar-refractivity contribution in [3.05, 3.63) is 0 Å². The number of unbranched alkanes of at least 4 members (excludes halogenated alkanes) is 4. The van der Waals surface area contributed by atoms with Crippen molar-refractivity contribution < 1.29 is 23.9 Å². The van der Waals surface area contributed by atoms with Gasteiger partial charge in [0, 0.05) is 13.0 Å². The van der Waals surface area contributed by atoms with Crippen LogP contribution in [0.25, 0.3) is 0 Å². The molecule has 3 N–H and O–H groups in total. The molecule has 0 aromatic carbocycles. The molecule has 7 nitrogen and oxygen atoms in total. The number of rotatable bonds is 8. The van der Waals surface area contributed by atoms with E-state index in [1.54, 1.807) is 0 Å². The second kappa shape index (κ2) is 10.0. The lowest BCUT2D eigenvalue weighted by Crippen LogP contribution is -2.32. The predicted octanol–water partition coefficient (Wildman–Crippen LogP) is 2.47. The Kier molecular flexibility index (Phi) is 9.16. The molecule has 0 saturated carbocycles. The molecule has 0 unspecified atom stereocenters. The lowest BCUT2D eigenvalue weighted by molar-refractivity contribution is -0.137. The maximum Gasteiger partial charge on any atom is 0.412 e. The van der Waals surface area contributed by atoms with Crippen molar-refractivity contribution in [3.8, 4) is 0 Å². The number of nitrogens with two attached hydrogens (primary N) is 1. The normalized spacial score (nSPS) is 10.8. The molecule has 0 aliphatic heterocycles. The number of nitrogens with one attached hydrogen (secondary N) is 1. The van der Waals surface area contributed by atoms with Gasteiger partial charge in [-0.15, -0.1) is 0 Å². The average molecular weight is 302 g/mol. The number of hydrogen-bond donors (Lipinski definition) is 2. The first-order valence-corrected chi connectivity index (χ1v) is 7.17. The van der Waals surface area contributed by atoms with Gasteiger partial charge < -0.3 is 20.5 Å². The molecule has 0 rings (SSSR count). The second-order valence-electron chi connectivity index (χ2n) is 5.74. The van der Waals surface area contributed by atoms with Gasteiger partial charge in [-0.3, -0.25) is 4.79 Å². The van der Waals surface area contributed by atoms with Gasteiger partial charge in [-0.05, 0) is 33.6 Å². The van der Waals surface area contributed by atoms with Crippen molar-refractivity contribution >= 4 is 18.2 Å². The molecular weight excluding hydrogens is 276 g/mol. The number of alkyl carbamates (subject to hydrolysis) is 1. The van der Waals surface area contributed by atoms with E-state index < -0.39 is 23.8 Å². The first-order chi connectivity index (χ1) is 9.70. The second-order valence-corrected chi connectivity index (χ2v) is 5.74. The van der Waals surface area contributed by atoms with Gasteiger partial charge in [-0.1, -0.05) is 19.3 Å². The van der Waals surface area contributed by atoms with Crippen LogP contribution < -0.4 is 11.1 Å².